The SMILES string of the molecule is COCC(Sc1nc(C)cs1)C(=O)O. The van der Waals surface area contributed by atoms with Gasteiger partial charge in [-0.2, -0.15) is 0 Å². The zero-order valence-electron chi connectivity index (χ0n) is 7.89. The molecule has 0 radical (unpaired) electrons. The van der Waals surface area contributed by atoms with Crippen LogP contribution in [-0.2, 0) is 9.53 Å². The van der Waals surface area contributed by atoms with Crippen molar-refractivity contribution < 1.29 is 14.6 Å². The van der Waals surface area contributed by atoms with Crippen molar-refractivity contribution in [2.45, 2.75) is 16.5 Å². The third kappa shape index (κ3) is 3.28. The van der Waals surface area contributed by atoms with Crippen LogP contribution in [0.25, 0.3) is 0 Å². The summed E-state index contributed by atoms with van der Waals surface area (Å²) in [5.41, 5.74) is 0.916. The number of nitrogens with zero attached hydrogens (tertiary/aromatic N) is 1. The third-order valence-corrected chi connectivity index (χ3v) is 3.68. The first-order valence-corrected chi connectivity index (χ1v) is 5.70. The molecule has 6 heteroatoms. The van der Waals surface area contributed by atoms with Gasteiger partial charge in [0, 0.05) is 18.2 Å². The average Bonchev–Trinajstić information content (AvgIpc) is 2.50. The molecule has 1 atom stereocenters. The van der Waals surface area contributed by atoms with E-state index in [9.17, 15) is 4.79 Å². The van der Waals surface area contributed by atoms with Crippen molar-refractivity contribution in [1.29, 1.82) is 0 Å². The number of ether oxygens (including phenoxy) is 1. The maximum atomic E-state index is 10.8. The molecule has 0 saturated carbocycles. The highest BCUT2D eigenvalue weighted by Crippen LogP contribution is 2.26. The predicted octanol–water partition coefficient (Wildman–Crippen LogP) is 1.64. The van der Waals surface area contributed by atoms with Crippen molar-refractivity contribution in [1.82, 2.24) is 4.98 Å². The van der Waals surface area contributed by atoms with Gasteiger partial charge in [-0.25, -0.2) is 4.98 Å². The molecule has 1 aromatic heterocycles. The molecule has 0 spiro atoms. The summed E-state index contributed by atoms with van der Waals surface area (Å²) < 4.78 is 5.59. The Kier molecular flexibility index (Phi) is 4.37. The first-order valence-electron chi connectivity index (χ1n) is 3.94. The highest BCUT2D eigenvalue weighted by atomic mass is 32.2. The van der Waals surface area contributed by atoms with Crippen molar-refractivity contribution in [3.8, 4) is 0 Å². The van der Waals surface area contributed by atoms with Gasteiger partial charge in [-0.15, -0.1) is 11.3 Å². The molecule has 14 heavy (non-hydrogen) atoms. The summed E-state index contributed by atoms with van der Waals surface area (Å²) in [5.74, 6) is -0.871. The van der Waals surface area contributed by atoms with E-state index in [1.807, 2.05) is 12.3 Å². The van der Waals surface area contributed by atoms with E-state index in [4.69, 9.17) is 9.84 Å². The number of carbonyl (C=O) groups is 1. The number of aliphatic carboxylic acids is 1. The number of rotatable bonds is 5. The average molecular weight is 233 g/mol. The number of hydrogen-bond acceptors (Lipinski definition) is 5. The fraction of sp³-hybridized carbons (Fsp3) is 0.500. The zero-order chi connectivity index (χ0) is 10.6. The Hall–Kier alpha value is -0.590. The van der Waals surface area contributed by atoms with Crippen LogP contribution in [0.2, 0.25) is 0 Å². The maximum absolute atomic E-state index is 10.8. The van der Waals surface area contributed by atoms with Crippen molar-refractivity contribution in [2.75, 3.05) is 13.7 Å². The van der Waals surface area contributed by atoms with Gasteiger partial charge in [-0.3, -0.25) is 4.79 Å². The van der Waals surface area contributed by atoms with Crippen LogP contribution in [0, 0.1) is 6.92 Å². The molecular formula is C8H11NO3S2. The number of carboxylic acids is 1. The summed E-state index contributed by atoms with van der Waals surface area (Å²) in [6.07, 6.45) is 0. The standard InChI is InChI=1S/C8H11NO3S2/c1-5-4-13-8(9-5)14-6(3-12-2)7(10)11/h4,6H,3H2,1-2H3,(H,10,11). The largest absolute Gasteiger partial charge is 0.480 e. The molecule has 0 fully saturated rings. The highest BCUT2D eigenvalue weighted by Gasteiger charge is 2.20. The molecule has 4 nitrogen and oxygen atoms in total. The van der Waals surface area contributed by atoms with E-state index in [1.165, 1.54) is 30.2 Å². The van der Waals surface area contributed by atoms with Gasteiger partial charge in [0.25, 0.3) is 0 Å². The molecule has 0 saturated heterocycles. The van der Waals surface area contributed by atoms with Gasteiger partial charge < -0.3 is 9.84 Å². The summed E-state index contributed by atoms with van der Waals surface area (Å²) in [6.45, 7) is 2.07. The van der Waals surface area contributed by atoms with Gasteiger partial charge in [0.2, 0.25) is 0 Å². The Morgan fingerprint density at radius 2 is 2.57 bits per heavy atom. The van der Waals surface area contributed by atoms with Gasteiger partial charge in [0.05, 0.1) is 6.61 Å². The fourth-order valence-electron chi connectivity index (χ4n) is 0.815. The third-order valence-electron chi connectivity index (χ3n) is 1.43. The lowest BCUT2D eigenvalue weighted by molar-refractivity contribution is -0.137. The van der Waals surface area contributed by atoms with Crippen molar-refractivity contribution in [3.05, 3.63) is 11.1 Å². The van der Waals surface area contributed by atoms with E-state index in [0.717, 1.165) is 10.0 Å². The minimum atomic E-state index is -0.871. The zero-order valence-corrected chi connectivity index (χ0v) is 9.52. The molecule has 0 aromatic carbocycles. The predicted molar refractivity (Wildman–Crippen MR) is 56.0 cm³/mol. The Morgan fingerprint density at radius 3 is 3.00 bits per heavy atom. The minimum absolute atomic E-state index is 0.193. The normalized spacial score (nSPS) is 12.7. The van der Waals surface area contributed by atoms with E-state index >= 15 is 0 Å². The molecule has 0 bridgehead atoms. The summed E-state index contributed by atoms with van der Waals surface area (Å²) in [4.78, 5) is 15.0. The Labute approximate surface area is 90.3 Å². The van der Waals surface area contributed by atoms with E-state index < -0.39 is 11.2 Å². The molecule has 1 unspecified atom stereocenters. The second-order valence-electron chi connectivity index (χ2n) is 2.65. The van der Waals surface area contributed by atoms with E-state index in [-0.39, 0.29) is 6.61 Å². The Bertz CT molecular complexity index is 313. The fourth-order valence-corrected chi connectivity index (χ4v) is 2.80. The molecule has 0 aliphatic rings. The van der Waals surface area contributed by atoms with Gasteiger partial charge >= 0.3 is 5.97 Å². The minimum Gasteiger partial charge on any atom is -0.480 e. The highest BCUT2D eigenvalue weighted by molar-refractivity contribution is 8.02. The topological polar surface area (TPSA) is 59.4 Å². The lowest BCUT2D eigenvalue weighted by atomic mass is 10.5. The second kappa shape index (κ2) is 5.33. The van der Waals surface area contributed by atoms with Crippen LogP contribution in [0.15, 0.2) is 9.72 Å². The van der Waals surface area contributed by atoms with Crippen LogP contribution < -0.4 is 0 Å². The van der Waals surface area contributed by atoms with Crippen LogP contribution in [0.5, 0.6) is 0 Å². The first kappa shape index (κ1) is 11.5. The molecule has 1 rings (SSSR count). The van der Waals surface area contributed by atoms with Crippen LogP contribution in [0.4, 0.5) is 0 Å². The number of aryl methyl sites for hydroxylation is 1. The van der Waals surface area contributed by atoms with Crippen molar-refractivity contribution >= 4 is 29.1 Å². The molecule has 1 N–H and O–H groups in total. The first-order chi connectivity index (χ1) is 6.63. The van der Waals surface area contributed by atoms with Crippen LogP contribution in [-0.4, -0.2) is 35.0 Å². The van der Waals surface area contributed by atoms with Crippen LogP contribution >= 0.6 is 23.1 Å². The van der Waals surface area contributed by atoms with Gasteiger partial charge in [-0.1, -0.05) is 11.8 Å². The summed E-state index contributed by atoms with van der Waals surface area (Å²) >= 11 is 2.68. The number of carboxylic acid groups (broad SMARTS) is 1. The molecule has 1 aromatic rings. The van der Waals surface area contributed by atoms with E-state index in [2.05, 4.69) is 4.98 Å². The van der Waals surface area contributed by atoms with Crippen LogP contribution in [0.1, 0.15) is 5.69 Å². The number of methoxy groups -OCH3 is 1. The maximum Gasteiger partial charge on any atom is 0.319 e. The summed E-state index contributed by atoms with van der Waals surface area (Å²) in [5, 5.41) is 10.2. The molecular weight excluding hydrogens is 222 g/mol. The summed E-state index contributed by atoms with van der Waals surface area (Å²) in [7, 11) is 1.49. The Morgan fingerprint density at radius 1 is 1.86 bits per heavy atom. The molecule has 1 heterocycles. The van der Waals surface area contributed by atoms with E-state index in [0.29, 0.717) is 0 Å². The van der Waals surface area contributed by atoms with Gasteiger partial charge in [-0.05, 0) is 6.92 Å². The summed E-state index contributed by atoms with van der Waals surface area (Å²) in [6, 6.07) is 0. The van der Waals surface area contributed by atoms with Crippen molar-refractivity contribution in [2.24, 2.45) is 0 Å². The van der Waals surface area contributed by atoms with Gasteiger partial charge in [0.1, 0.15) is 5.25 Å². The number of hydrogen-bond donors (Lipinski definition) is 1. The molecule has 0 aliphatic heterocycles. The molecule has 0 amide bonds. The Balaban J connectivity index is 2.59. The molecule has 78 valence electrons. The van der Waals surface area contributed by atoms with Gasteiger partial charge in [0.15, 0.2) is 4.34 Å². The number of aromatic nitrogens is 1. The number of thiazole rings is 1. The van der Waals surface area contributed by atoms with E-state index in [1.54, 1.807) is 0 Å². The number of thioether (sulfide) groups is 1. The lowest BCUT2D eigenvalue weighted by Gasteiger charge is -2.07. The quantitative estimate of drug-likeness (QED) is 0.783. The molecule has 0 aliphatic carbocycles. The monoisotopic (exact) mass is 233 g/mol. The van der Waals surface area contributed by atoms with Crippen molar-refractivity contribution in [3.63, 3.8) is 0 Å². The van der Waals surface area contributed by atoms with Crippen LogP contribution in [0.3, 0.4) is 0 Å². The lowest BCUT2D eigenvalue weighted by Crippen LogP contribution is -2.21. The second-order valence-corrected chi connectivity index (χ2v) is 4.96. The smallest absolute Gasteiger partial charge is 0.319 e.